The Balaban J connectivity index is 0. The van der Waals surface area contributed by atoms with Crippen LogP contribution in [0.4, 0.5) is 0 Å². The lowest BCUT2D eigenvalue weighted by atomic mass is 10.2. The topological polar surface area (TPSA) is 72.8 Å². The van der Waals surface area contributed by atoms with Gasteiger partial charge in [-0.05, 0) is 12.5 Å². The molecular formula is C18H24O5. The number of rotatable bonds is 4. The van der Waals surface area contributed by atoms with Gasteiger partial charge < -0.3 is 14.6 Å². The molecule has 0 spiro atoms. The van der Waals surface area contributed by atoms with Crippen LogP contribution in [0.25, 0.3) is 6.08 Å². The molecule has 1 aromatic carbocycles. The second kappa shape index (κ2) is 14.3. The molecule has 0 aliphatic rings. The highest BCUT2D eigenvalue weighted by molar-refractivity contribution is 5.87. The van der Waals surface area contributed by atoms with E-state index in [1.165, 1.54) is 19.8 Å². The van der Waals surface area contributed by atoms with Gasteiger partial charge in [0.05, 0.1) is 26.4 Å². The molecule has 23 heavy (non-hydrogen) atoms. The summed E-state index contributed by atoms with van der Waals surface area (Å²) in [5, 5.41) is 8.24. The van der Waals surface area contributed by atoms with Crippen LogP contribution in [0.3, 0.4) is 0 Å². The second-order valence-electron chi connectivity index (χ2n) is 4.14. The summed E-state index contributed by atoms with van der Waals surface area (Å²) in [6, 6.07) is 10.0. The zero-order valence-corrected chi connectivity index (χ0v) is 13.9. The fraction of sp³-hybridized carbons (Fsp3) is 0.222. The Kier molecular flexibility index (Phi) is 14.0. The molecule has 0 saturated carbocycles. The number of ether oxygens (including phenoxy) is 2. The predicted molar refractivity (Wildman–Crippen MR) is 91.6 cm³/mol. The number of aliphatic hydroxyl groups is 1. The van der Waals surface area contributed by atoms with Crippen molar-refractivity contribution in [2.45, 2.75) is 6.92 Å². The first-order chi connectivity index (χ1) is 10.8. The zero-order chi connectivity index (χ0) is 18.3. The largest absolute Gasteiger partial charge is 0.466 e. The van der Waals surface area contributed by atoms with Crippen LogP contribution in [0.1, 0.15) is 12.5 Å². The minimum atomic E-state index is -0.563. The first-order valence-electron chi connectivity index (χ1n) is 6.62. The third kappa shape index (κ3) is 12.8. The van der Waals surface area contributed by atoms with Gasteiger partial charge in [0.15, 0.2) is 0 Å². The Morgan fingerprint density at radius 2 is 1.57 bits per heavy atom. The number of benzene rings is 1. The number of carbonyl (C=O) groups excluding carboxylic acids is 2. The van der Waals surface area contributed by atoms with Gasteiger partial charge in [-0.1, -0.05) is 56.1 Å². The van der Waals surface area contributed by atoms with Crippen molar-refractivity contribution in [3.8, 4) is 0 Å². The van der Waals surface area contributed by atoms with E-state index in [1.54, 1.807) is 6.92 Å². The average molecular weight is 320 g/mol. The molecule has 0 saturated heterocycles. The molecule has 0 unspecified atom stereocenters. The maximum atomic E-state index is 10.3. The third-order valence-electron chi connectivity index (χ3n) is 2.23. The molecule has 5 heteroatoms. The third-order valence-corrected chi connectivity index (χ3v) is 2.23. The van der Waals surface area contributed by atoms with E-state index in [0.717, 1.165) is 0 Å². The molecule has 0 aliphatic carbocycles. The number of aliphatic hydroxyl groups excluding tert-OH is 1. The molecule has 1 N–H and O–H groups in total. The number of methoxy groups -OCH3 is 2. The van der Waals surface area contributed by atoms with Crippen molar-refractivity contribution >= 4 is 18.0 Å². The number of esters is 2. The van der Waals surface area contributed by atoms with Gasteiger partial charge in [-0.2, -0.15) is 0 Å². The quantitative estimate of drug-likeness (QED) is 0.682. The molecule has 0 atom stereocenters. The molecular weight excluding hydrogens is 296 g/mol. The molecule has 0 fully saturated rings. The van der Waals surface area contributed by atoms with Crippen molar-refractivity contribution in [3.63, 3.8) is 0 Å². The minimum Gasteiger partial charge on any atom is -0.466 e. The molecule has 0 bridgehead atoms. The molecule has 0 heterocycles. The van der Waals surface area contributed by atoms with Crippen molar-refractivity contribution in [2.24, 2.45) is 0 Å². The fourth-order valence-corrected chi connectivity index (χ4v) is 0.972. The van der Waals surface area contributed by atoms with Gasteiger partial charge >= 0.3 is 11.9 Å². The van der Waals surface area contributed by atoms with E-state index >= 15 is 0 Å². The van der Waals surface area contributed by atoms with Gasteiger partial charge in [-0.3, -0.25) is 0 Å². The molecule has 1 aromatic rings. The average Bonchev–Trinajstić information content (AvgIpc) is 2.61. The van der Waals surface area contributed by atoms with Crippen molar-refractivity contribution in [3.05, 3.63) is 66.8 Å². The summed E-state index contributed by atoms with van der Waals surface area (Å²) < 4.78 is 8.48. The molecule has 0 radical (unpaired) electrons. The summed E-state index contributed by atoms with van der Waals surface area (Å²) in [6.07, 6.45) is 1.83. The Morgan fingerprint density at radius 1 is 1.09 bits per heavy atom. The summed E-state index contributed by atoms with van der Waals surface area (Å²) in [6.45, 7) is 11.5. The summed E-state index contributed by atoms with van der Waals surface area (Å²) in [5.41, 5.74) is 1.68. The summed E-state index contributed by atoms with van der Waals surface area (Å²) >= 11 is 0. The summed E-state index contributed by atoms with van der Waals surface area (Å²) in [5.74, 6) is -0.910. The summed E-state index contributed by atoms with van der Waals surface area (Å²) in [4.78, 5) is 20.5. The molecule has 5 nitrogen and oxygen atoms in total. The highest BCUT2D eigenvalue weighted by atomic mass is 16.5. The number of hydrogen-bond acceptors (Lipinski definition) is 5. The monoisotopic (exact) mass is 320 g/mol. The Morgan fingerprint density at radius 3 is 1.74 bits per heavy atom. The Bertz CT molecular complexity index is 503. The SMILES string of the molecule is C=C(C)C(=O)OC.C=C(CO)C(=O)OC.C=Cc1ccccc1. The van der Waals surface area contributed by atoms with Gasteiger partial charge in [0, 0.05) is 5.57 Å². The van der Waals surface area contributed by atoms with Crippen LogP contribution in [0.15, 0.2) is 61.2 Å². The molecule has 1 rings (SSSR count). The number of carbonyl (C=O) groups is 2. The van der Waals surface area contributed by atoms with Crippen LogP contribution in [0, 0.1) is 0 Å². The predicted octanol–water partition coefficient (Wildman–Crippen LogP) is 2.77. The molecule has 0 amide bonds. The van der Waals surface area contributed by atoms with Crippen molar-refractivity contribution in [1.82, 2.24) is 0 Å². The van der Waals surface area contributed by atoms with Crippen LogP contribution in [-0.4, -0.2) is 37.9 Å². The van der Waals surface area contributed by atoms with Crippen molar-refractivity contribution in [1.29, 1.82) is 0 Å². The molecule has 0 aromatic heterocycles. The normalized spacial score (nSPS) is 8.17. The lowest BCUT2D eigenvalue weighted by molar-refractivity contribution is -0.137. The lowest BCUT2D eigenvalue weighted by Crippen LogP contribution is -2.06. The van der Waals surface area contributed by atoms with Crippen LogP contribution >= 0.6 is 0 Å². The van der Waals surface area contributed by atoms with E-state index in [4.69, 9.17) is 5.11 Å². The van der Waals surface area contributed by atoms with E-state index in [2.05, 4.69) is 29.2 Å². The minimum absolute atomic E-state index is 0.0764. The smallest absolute Gasteiger partial charge is 0.335 e. The first kappa shape index (κ1) is 22.6. The standard InChI is InChI=1S/C8H8.C5H8O3.C5H8O2/c1-2-8-6-4-3-5-7-8;1-4(3-6)5(7)8-2;1-4(2)5(6)7-3/h2-7H,1H2;6H,1,3H2,2H3;1H2,2-3H3. The highest BCUT2D eigenvalue weighted by Gasteiger charge is 2.01. The van der Waals surface area contributed by atoms with Gasteiger partial charge in [0.2, 0.25) is 0 Å². The van der Waals surface area contributed by atoms with Crippen LogP contribution in [0.5, 0.6) is 0 Å². The van der Waals surface area contributed by atoms with Crippen molar-refractivity contribution in [2.75, 3.05) is 20.8 Å². The Labute approximate surface area is 137 Å². The second-order valence-corrected chi connectivity index (χ2v) is 4.14. The first-order valence-corrected chi connectivity index (χ1v) is 6.62. The van der Waals surface area contributed by atoms with E-state index in [0.29, 0.717) is 5.57 Å². The van der Waals surface area contributed by atoms with Crippen LogP contribution in [-0.2, 0) is 19.1 Å². The maximum absolute atomic E-state index is 10.3. The molecule has 0 aliphatic heterocycles. The molecule has 126 valence electrons. The van der Waals surface area contributed by atoms with Gasteiger partial charge in [-0.15, -0.1) is 0 Å². The van der Waals surface area contributed by atoms with E-state index < -0.39 is 5.97 Å². The van der Waals surface area contributed by atoms with E-state index in [1.807, 2.05) is 36.4 Å². The van der Waals surface area contributed by atoms with Gasteiger partial charge in [0.25, 0.3) is 0 Å². The number of hydrogen-bond donors (Lipinski definition) is 1. The van der Waals surface area contributed by atoms with Crippen LogP contribution < -0.4 is 0 Å². The van der Waals surface area contributed by atoms with Crippen molar-refractivity contribution < 1.29 is 24.2 Å². The lowest BCUT2D eigenvalue weighted by Gasteiger charge is -1.95. The summed E-state index contributed by atoms with van der Waals surface area (Å²) in [7, 11) is 2.57. The Hall–Kier alpha value is -2.66. The maximum Gasteiger partial charge on any atom is 0.335 e. The van der Waals surface area contributed by atoms with E-state index in [9.17, 15) is 9.59 Å². The van der Waals surface area contributed by atoms with Crippen LogP contribution in [0.2, 0.25) is 0 Å². The zero-order valence-electron chi connectivity index (χ0n) is 13.9. The van der Waals surface area contributed by atoms with Gasteiger partial charge in [0.1, 0.15) is 0 Å². The van der Waals surface area contributed by atoms with Gasteiger partial charge in [-0.25, -0.2) is 9.59 Å². The van der Waals surface area contributed by atoms with E-state index in [-0.39, 0.29) is 18.1 Å². The highest BCUT2D eigenvalue weighted by Crippen LogP contribution is 1.97. The fourth-order valence-electron chi connectivity index (χ4n) is 0.972.